The largest absolute Gasteiger partial charge is 0.399 e. The van der Waals surface area contributed by atoms with Crippen LogP contribution in [-0.4, -0.2) is 24.0 Å². The molecule has 0 bridgehead atoms. The lowest BCUT2D eigenvalue weighted by molar-refractivity contribution is 0.165. The van der Waals surface area contributed by atoms with Crippen LogP contribution in [0.5, 0.6) is 0 Å². The molecule has 1 saturated carbocycles. The average Bonchev–Trinajstić information content (AvgIpc) is 2.42. The van der Waals surface area contributed by atoms with E-state index in [1.165, 1.54) is 37.7 Å². The molecule has 2 heteroatoms. The summed E-state index contributed by atoms with van der Waals surface area (Å²) in [5.41, 5.74) is 8.25. The first-order valence-electron chi connectivity index (χ1n) is 7.38. The number of benzene rings is 1. The molecule has 0 unspecified atom stereocenters. The number of rotatable bonds is 5. The van der Waals surface area contributed by atoms with E-state index in [0.29, 0.717) is 0 Å². The number of hydrogen-bond donors (Lipinski definition) is 1. The zero-order valence-corrected chi connectivity index (χ0v) is 11.6. The molecule has 0 spiro atoms. The molecule has 2 nitrogen and oxygen atoms in total. The van der Waals surface area contributed by atoms with E-state index < -0.39 is 0 Å². The zero-order valence-electron chi connectivity index (χ0n) is 11.6. The van der Waals surface area contributed by atoms with E-state index in [2.05, 4.69) is 24.0 Å². The SMILES string of the molecule is CCN(CCc1ccccc1N)C1CCCCC1. The van der Waals surface area contributed by atoms with Gasteiger partial charge in [0.1, 0.15) is 0 Å². The van der Waals surface area contributed by atoms with Crippen molar-refractivity contribution in [2.45, 2.75) is 51.5 Å². The van der Waals surface area contributed by atoms with Crippen molar-refractivity contribution in [1.82, 2.24) is 4.90 Å². The van der Waals surface area contributed by atoms with Crippen molar-refractivity contribution in [3.8, 4) is 0 Å². The van der Waals surface area contributed by atoms with Crippen LogP contribution in [0.15, 0.2) is 24.3 Å². The summed E-state index contributed by atoms with van der Waals surface area (Å²) in [6.07, 6.45) is 8.11. The van der Waals surface area contributed by atoms with Crippen LogP contribution in [0.2, 0.25) is 0 Å². The quantitative estimate of drug-likeness (QED) is 0.806. The lowest BCUT2D eigenvalue weighted by atomic mass is 9.94. The van der Waals surface area contributed by atoms with Crippen LogP contribution < -0.4 is 5.73 Å². The molecule has 1 aliphatic rings. The Morgan fingerprint density at radius 1 is 1.17 bits per heavy atom. The van der Waals surface area contributed by atoms with Crippen molar-refractivity contribution in [2.75, 3.05) is 18.8 Å². The van der Waals surface area contributed by atoms with Crippen molar-refractivity contribution in [3.63, 3.8) is 0 Å². The monoisotopic (exact) mass is 246 g/mol. The van der Waals surface area contributed by atoms with Gasteiger partial charge in [-0.25, -0.2) is 0 Å². The van der Waals surface area contributed by atoms with Gasteiger partial charge in [0, 0.05) is 18.3 Å². The highest BCUT2D eigenvalue weighted by Gasteiger charge is 2.19. The molecule has 0 radical (unpaired) electrons. The summed E-state index contributed by atoms with van der Waals surface area (Å²) in [6, 6.07) is 9.07. The third-order valence-corrected chi connectivity index (χ3v) is 4.22. The van der Waals surface area contributed by atoms with Gasteiger partial charge in [-0.2, -0.15) is 0 Å². The third kappa shape index (κ3) is 3.49. The highest BCUT2D eigenvalue weighted by Crippen LogP contribution is 2.23. The summed E-state index contributed by atoms with van der Waals surface area (Å²) in [5.74, 6) is 0. The van der Waals surface area contributed by atoms with Crippen molar-refractivity contribution in [3.05, 3.63) is 29.8 Å². The molecular weight excluding hydrogens is 220 g/mol. The van der Waals surface area contributed by atoms with Crippen LogP contribution in [0.3, 0.4) is 0 Å². The molecular formula is C16H26N2. The first-order valence-corrected chi connectivity index (χ1v) is 7.38. The minimum atomic E-state index is 0.814. The third-order valence-electron chi connectivity index (χ3n) is 4.22. The zero-order chi connectivity index (χ0) is 12.8. The van der Waals surface area contributed by atoms with Gasteiger partial charge < -0.3 is 10.6 Å². The molecule has 1 aliphatic carbocycles. The van der Waals surface area contributed by atoms with Crippen LogP contribution in [-0.2, 0) is 6.42 Å². The fourth-order valence-electron chi connectivity index (χ4n) is 3.07. The summed E-state index contributed by atoms with van der Waals surface area (Å²) >= 11 is 0. The lowest BCUT2D eigenvalue weighted by Crippen LogP contribution is -2.38. The maximum atomic E-state index is 6.01. The van der Waals surface area contributed by atoms with Gasteiger partial charge >= 0.3 is 0 Å². The van der Waals surface area contributed by atoms with Gasteiger partial charge in [0.15, 0.2) is 0 Å². The standard InChI is InChI=1S/C16H26N2/c1-2-18(15-9-4-3-5-10-15)13-12-14-8-6-7-11-16(14)17/h6-8,11,15H,2-5,9-10,12-13,17H2,1H3. The number of anilines is 1. The second-order valence-corrected chi connectivity index (χ2v) is 5.37. The summed E-state index contributed by atoms with van der Waals surface area (Å²) in [5, 5.41) is 0. The van der Waals surface area contributed by atoms with Gasteiger partial charge in [-0.3, -0.25) is 0 Å². The number of para-hydroxylation sites is 1. The Labute approximate surface area is 111 Å². The van der Waals surface area contributed by atoms with E-state index in [0.717, 1.165) is 31.2 Å². The molecule has 18 heavy (non-hydrogen) atoms. The van der Waals surface area contributed by atoms with E-state index >= 15 is 0 Å². The normalized spacial score (nSPS) is 17.2. The fraction of sp³-hybridized carbons (Fsp3) is 0.625. The molecule has 0 aliphatic heterocycles. The van der Waals surface area contributed by atoms with Gasteiger partial charge in [0.05, 0.1) is 0 Å². The van der Waals surface area contributed by atoms with Gasteiger partial charge in [0.25, 0.3) is 0 Å². The predicted octanol–water partition coefficient (Wildman–Crippen LogP) is 3.47. The second kappa shape index (κ2) is 6.79. The predicted molar refractivity (Wildman–Crippen MR) is 78.7 cm³/mol. The molecule has 2 rings (SSSR count). The topological polar surface area (TPSA) is 29.3 Å². The summed E-state index contributed by atoms with van der Waals surface area (Å²) in [6.45, 7) is 4.59. The molecule has 1 fully saturated rings. The number of hydrogen-bond acceptors (Lipinski definition) is 2. The van der Waals surface area contributed by atoms with Crippen LogP contribution >= 0.6 is 0 Å². The Morgan fingerprint density at radius 3 is 2.56 bits per heavy atom. The Kier molecular flexibility index (Phi) is 5.06. The number of likely N-dealkylation sites (N-methyl/N-ethyl adjacent to an activating group) is 1. The van der Waals surface area contributed by atoms with Gasteiger partial charge in [-0.15, -0.1) is 0 Å². The number of nitrogen functional groups attached to an aromatic ring is 1. The van der Waals surface area contributed by atoms with E-state index in [-0.39, 0.29) is 0 Å². The Hall–Kier alpha value is -1.02. The molecule has 0 atom stereocenters. The molecule has 1 aromatic rings. The molecule has 2 N–H and O–H groups in total. The van der Waals surface area contributed by atoms with Gasteiger partial charge in [-0.05, 0) is 37.4 Å². The Morgan fingerprint density at radius 2 is 1.89 bits per heavy atom. The van der Waals surface area contributed by atoms with E-state index in [1.54, 1.807) is 0 Å². The summed E-state index contributed by atoms with van der Waals surface area (Å²) < 4.78 is 0. The van der Waals surface area contributed by atoms with Crippen LogP contribution in [0, 0.1) is 0 Å². The fourth-order valence-corrected chi connectivity index (χ4v) is 3.07. The maximum absolute atomic E-state index is 6.01. The Bertz CT molecular complexity index is 356. The first-order chi connectivity index (χ1) is 8.81. The Balaban J connectivity index is 1.88. The smallest absolute Gasteiger partial charge is 0.0347 e. The van der Waals surface area contributed by atoms with E-state index in [4.69, 9.17) is 5.73 Å². The van der Waals surface area contributed by atoms with Crippen LogP contribution in [0.25, 0.3) is 0 Å². The van der Waals surface area contributed by atoms with Gasteiger partial charge in [-0.1, -0.05) is 44.4 Å². The van der Waals surface area contributed by atoms with Crippen molar-refractivity contribution >= 4 is 5.69 Å². The molecule has 1 aromatic carbocycles. The minimum absolute atomic E-state index is 0.814. The second-order valence-electron chi connectivity index (χ2n) is 5.37. The van der Waals surface area contributed by atoms with Gasteiger partial charge in [0.2, 0.25) is 0 Å². The molecule has 0 amide bonds. The van der Waals surface area contributed by atoms with Crippen LogP contribution in [0.4, 0.5) is 5.69 Å². The first kappa shape index (κ1) is 13.4. The van der Waals surface area contributed by atoms with Crippen molar-refractivity contribution < 1.29 is 0 Å². The molecule has 0 aromatic heterocycles. The van der Waals surface area contributed by atoms with Crippen molar-refractivity contribution in [1.29, 1.82) is 0 Å². The highest BCUT2D eigenvalue weighted by molar-refractivity contribution is 5.46. The van der Waals surface area contributed by atoms with E-state index in [9.17, 15) is 0 Å². The number of nitrogens with two attached hydrogens (primary N) is 1. The lowest BCUT2D eigenvalue weighted by Gasteiger charge is -2.33. The average molecular weight is 246 g/mol. The minimum Gasteiger partial charge on any atom is -0.399 e. The number of nitrogens with zero attached hydrogens (tertiary/aromatic N) is 1. The van der Waals surface area contributed by atoms with Crippen molar-refractivity contribution in [2.24, 2.45) is 0 Å². The molecule has 0 saturated heterocycles. The highest BCUT2D eigenvalue weighted by atomic mass is 15.1. The maximum Gasteiger partial charge on any atom is 0.0347 e. The summed E-state index contributed by atoms with van der Waals surface area (Å²) in [4.78, 5) is 2.64. The van der Waals surface area contributed by atoms with E-state index in [1.807, 2.05) is 12.1 Å². The summed E-state index contributed by atoms with van der Waals surface area (Å²) in [7, 11) is 0. The molecule has 100 valence electrons. The van der Waals surface area contributed by atoms with Crippen LogP contribution in [0.1, 0.15) is 44.6 Å². The molecule has 0 heterocycles.